The van der Waals surface area contributed by atoms with Crippen molar-refractivity contribution in [3.63, 3.8) is 0 Å². The Balaban J connectivity index is 0.00000450. The molecular weight excluding hydrogens is 502 g/mol. The van der Waals surface area contributed by atoms with Crippen molar-refractivity contribution >= 4 is 29.9 Å². The fourth-order valence-corrected chi connectivity index (χ4v) is 3.23. The van der Waals surface area contributed by atoms with Gasteiger partial charge in [-0.25, -0.2) is 4.39 Å². The van der Waals surface area contributed by atoms with Crippen molar-refractivity contribution in [2.45, 2.75) is 18.9 Å². The maximum atomic E-state index is 13.4. The molecule has 0 aromatic heterocycles. The SMILES string of the molecule is CN=C(NCCCCOCCOC)NCC(c1ccc(F)cc1)N1CCOCC1.I. The molecule has 2 N–H and O–H groups in total. The van der Waals surface area contributed by atoms with Gasteiger partial charge in [0.2, 0.25) is 0 Å². The first-order chi connectivity index (χ1) is 14.2. The third kappa shape index (κ3) is 10.3. The first-order valence-corrected chi connectivity index (χ1v) is 10.3. The Morgan fingerprint density at radius 1 is 1.13 bits per heavy atom. The van der Waals surface area contributed by atoms with Crippen LogP contribution in [0.2, 0.25) is 0 Å². The lowest BCUT2D eigenvalue weighted by atomic mass is 10.0. The third-order valence-corrected chi connectivity index (χ3v) is 4.87. The molecule has 1 aromatic carbocycles. The van der Waals surface area contributed by atoms with Crippen LogP contribution in [0.5, 0.6) is 0 Å². The molecule has 30 heavy (non-hydrogen) atoms. The van der Waals surface area contributed by atoms with Crippen molar-refractivity contribution in [3.8, 4) is 0 Å². The number of rotatable bonds is 12. The van der Waals surface area contributed by atoms with Gasteiger partial charge in [0.15, 0.2) is 5.96 Å². The van der Waals surface area contributed by atoms with Crippen molar-refractivity contribution in [1.29, 1.82) is 0 Å². The maximum absolute atomic E-state index is 13.4. The van der Waals surface area contributed by atoms with Gasteiger partial charge in [-0.05, 0) is 30.5 Å². The molecule has 0 amide bonds. The molecule has 1 aliphatic rings. The zero-order valence-electron chi connectivity index (χ0n) is 18.1. The summed E-state index contributed by atoms with van der Waals surface area (Å²) in [5.41, 5.74) is 1.09. The number of hydrogen-bond donors (Lipinski definition) is 2. The molecule has 9 heteroatoms. The van der Waals surface area contributed by atoms with Gasteiger partial charge >= 0.3 is 0 Å². The average molecular weight is 538 g/mol. The second-order valence-corrected chi connectivity index (χ2v) is 6.91. The molecule has 2 rings (SSSR count). The highest BCUT2D eigenvalue weighted by Gasteiger charge is 2.23. The van der Waals surface area contributed by atoms with E-state index >= 15 is 0 Å². The van der Waals surface area contributed by atoms with E-state index in [1.165, 1.54) is 12.1 Å². The zero-order valence-corrected chi connectivity index (χ0v) is 20.4. The molecule has 1 unspecified atom stereocenters. The van der Waals surface area contributed by atoms with E-state index < -0.39 is 0 Å². The van der Waals surface area contributed by atoms with Crippen LogP contribution in [-0.4, -0.2) is 84.2 Å². The molecule has 172 valence electrons. The smallest absolute Gasteiger partial charge is 0.191 e. The molecule has 1 aliphatic heterocycles. The predicted molar refractivity (Wildman–Crippen MR) is 128 cm³/mol. The Bertz CT molecular complexity index is 586. The molecule has 1 aromatic rings. The number of nitrogens with zero attached hydrogens (tertiary/aromatic N) is 2. The molecule has 0 radical (unpaired) electrons. The van der Waals surface area contributed by atoms with Crippen LogP contribution in [0, 0.1) is 5.82 Å². The van der Waals surface area contributed by atoms with E-state index in [9.17, 15) is 4.39 Å². The average Bonchev–Trinajstić information content (AvgIpc) is 2.76. The summed E-state index contributed by atoms with van der Waals surface area (Å²) in [6.07, 6.45) is 1.98. The molecule has 1 fully saturated rings. The Kier molecular flexibility index (Phi) is 15.0. The highest BCUT2D eigenvalue weighted by Crippen LogP contribution is 2.21. The van der Waals surface area contributed by atoms with E-state index in [2.05, 4.69) is 20.5 Å². The lowest BCUT2D eigenvalue weighted by Gasteiger charge is -2.35. The number of guanidine groups is 1. The summed E-state index contributed by atoms with van der Waals surface area (Å²) in [6, 6.07) is 6.88. The number of halogens is 2. The van der Waals surface area contributed by atoms with Crippen molar-refractivity contribution < 1.29 is 18.6 Å². The molecule has 0 bridgehead atoms. The summed E-state index contributed by atoms with van der Waals surface area (Å²) in [5, 5.41) is 6.76. The first-order valence-electron chi connectivity index (χ1n) is 10.3. The van der Waals surface area contributed by atoms with Crippen LogP contribution in [0.15, 0.2) is 29.3 Å². The van der Waals surface area contributed by atoms with Crippen LogP contribution in [0.25, 0.3) is 0 Å². The summed E-state index contributed by atoms with van der Waals surface area (Å²) in [4.78, 5) is 6.68. The number of unbranched alkanes of at least 4 members (excludes halogenated alkanes) is 1. The standard InChI is InChI=1S/C21H35FN4O3.HI/c1-23-21(24-9-3-4-12-28-16-15-27-2)25-17-20(26-10-13-29-14-11-26)18-5-7-19(22)8-6-18;/h5-8,20H,3-4,9-17H2,1-2H3,(H2,23,24,25);1H. The Hall–Kier alpha value is -1.01. The minimum absolute atomic E-state index is 0. The van der Waals surface area contributed by atoms with Gasteiger partial charge in [-0.1, -0.05) is 12.1 Å². The van der Waals surface area contributed by atoms with Gasteiger partial charge in [0.05, 0.1) is 32.5 Å². The molecule has 1 atom stereocenters. The second-order valence-electron chi connectivity index (χ2n) is 6.91. The number of benzene rings is 1. The summed E-state index contributed by atoms with van der Waals surface area (Å²) >= 11 is 0. The van der Waals surface area contributed by atoms with Gasteiger partial charge in [0.25, 0.3) is 0 Å². The topological polar surface area (TPSA) is 67.4 Å². The van der Waals surface area contributed by atoms with Gasteiger partial charge in [0.1, 0.15) is 5.82 Å². The first kappa shape index (κ1) is 27.0. The van der Waals surface area contributed by atoms with Crippen molar-refractivity contribution in [2.75, 3.05) is 73.4 Å². The molecular formula is C21H36FIN4O3. The molecule has 0 aliphatic carbocycles. The number of methoxy groups -OCH3 is 1. The van der Waals surface area contributed by atoms with Crippen molar-refractivity contribution in [1.82, 2.24) is 15.5 Å². The van der Waals surface area contributed by atoms with Gasteiger partial charge in [-0.2, -0.15) is 0 Å². The highest BCUT2D eigenvalue weighted by molar-refractivity contribution is 14.0. The van der Waals surface area contributed by atoms with Crippen molar-refractivity contribution in [3.05, 3.63) is 35.6 Å². The monoisotopic (exact) mass is 538 g/mol. The van der Waals surface area contributed by atoms with Crippen LogP contribution >= 0.6 is 24.0 Å². The molecule has 7 nitrogen and oxygen atoms in total. The van der Waals surface area contributed by atoms with E-state index in [0.717, 1.165) is 63.8 Å². The third-order valence-electron chi connectivity index (χ3n) is 4.87. The van der Waals surface area contributed by atoms with E-state index in [1.54, 1.807) is 14.2 Å². The van der Waals surface area contributed by atoms with Crippen LogP contribution in [-0.2, 0) is 14.2 Å². The summed E-state index contributed by atoms with van der Waals surface area (Å²) < 4.78 is 29.3. The van der Waals surface area contributed by atoms with Crippen LogP contribution in [0.4, 0.5) is 4.39 Å². The fraction of sp³-hybridized carbons (Fsp3) is 0.667. The van der Waals surface area contributed by atoms with Gasteiger partial charge < -0.3 is 24.8 Å². The number of ether oxygens (including phenoxy) is 3. The minimum Gasteiger partial charge on any atom is -0.382 e. The largest absolute Gasteiger partial charge is 0.382 e. The summed E-state index contributed by atoms with van der Waals surface area (Å²) in [6.45, 7) is 6.68. The van der Waals surface area contributed by atoms with E-state index in [1.807, 2.05) is 12.1 Å². The van der Waals surface area contributed by atoms with Crippen LogP contribution < -0.4 is 10.6 Å². The second kappa shape index (κ2) is 16.7. The van der Waals surface area contributed by atoms with Crippen molar-refractivity contribution in [2.24, 2.45) is 4.99 Å². The predicted octanol–water partition coefficient (Wildman–Crippen LogP) is 2.43. The molecule has 1 saturated heterocycles. The van der Waals surface area contributed by atoms with Gasteiger partial charge in [-0.3, -0.25) is 9.89 Å². The normalized spacial score (nSPS) is 16.0. The highest BCUT2D eigenvalue weighted by atomic mass is 127. The van der Waals surface area contributed by atoms with Crippen LogP contribution in [0.1, 0.15) is 24.4 Å². The lowest BCUT2D eigenvalue weighted by Crippen LogP contribution is -2.46. The molecule has 0 spiro atoms. The summed E-state index contributed by atoms with van der Waals surface area (Å²) in [5.74, 6) is 0.553. The fourth-order valence-electron chi connectivity index (χ4n) is 3.23. The van der Waals surface area contributed by atoms with Crippen LogP contribution in [0.3, 0.4) is 0 Å². The van der Waals surface area contributed by atoms with Gasteiger partial charge in [-0.15, -0.1) is 24.0 Å². The van der Waals surface area contributed by atoms with Gasteiger partial charge in [0, 0.05) is 46.9 Å². The maximum Gasteiger partial charge on any atom is 0.191 e. The summed E-state index contributed by atoms with van der Waals surface area (Å²) in [7, 11) is 3.44. The Labute approximate surface area is 196 Å². The zero-order chi connectivity index (χ0) is 20.7. The quantitative estimate of drug-likeness (QED) is 0.185. The molecule has 0 saturated carbocycles. The number of morpholine rings is 1. The Morgan fingerprint density at radius 3 is 2.53 bits per heavy atom. The lowest BCUT2D eigenvalue weighted by molar-refractivity contribution is 0.0170. The van der Waals surface area contributed by atoms with E-state index in [0.29, 0.717) is 19.8 Å². The number of nitrogens with one attached hydrogen (secondary N) is 2. The van der Waals surface area contributed by atoms with E-state index in [4.69, 9.17) is 14.2 Å². The Morgan fingerprint density at radius 2 is 1.87 bits per heavy atom. The number of hydrogen-bond acceptors (Lipinski definition) is 5. The minimum atomic E-state index is -0.217. The molecule has 1 heterocycles. The number of aliphatic imine (C=N–C) groups is 1. The van der Waals surface area contributed by atoms with E-state index in [-0.39, 0.29) is 35.8 Å².